The molecular formula is C11H18NOP. The molecule has 0 fully saturated rings. The van der Waals surface area contributed by atoms with E-state index in [0.29, 0.717) is 6.04 Å². The Labute approximate surface area is 87.8 Å². The maximum absolute atomic E-state index is 5.55. The highest BCUT2D eigenvalue weighted by Gasteiger charge is 2.18. The van der Waals surface area contributed by atoms with Crippen molar-refractivity contribution in [2.45, 2.75) is 19.9 Å². The Kier molecular flexibility index (Phi) is 4.53. The molecule has 0 saturated carbocycles. The zero-order chi connectivity index (χ0) is 10.6. The number of nitrogens with zero attached hydrogens (tertiary/aromatic N) is 1. The van der Waals surface area contributed by atoms with Crippen molar-refractivity contribution in [3.05, 3.63) is 30.3 Å². The number of rotatable bonds is 4. The lowest BCUT2D eigenvalue weighted by Gasteiger charge is -2.29. The number of benzene rings is 1. The first-order valence-corrected chi connectivity index (χ1v) is 6.00. The molecule has 1 rings (SSSR count). The maximum atomic E-state index is 5.55. The second-order valence-corrected chi connectivity index (χ2v) is 5.52. The molecule has 0 spiro atoms. The third kappa shape index (κ3) is 2.78. The van der Waals surface area contributed by atoms with E-state index in [1.54, 1.807) is 7.11 Å². The third-order valence-electron chi connectivity index (χ3n) is 2.18. The second-order valence-electron chi connectivity index (χ2n) is 3.46. The molecule has 1 unspecified atom stereocenters. The minimum atomic E-state index is -0.621. The molecule has 1 aromatic carbocycles. The van der Waals surface area contributed by atoms with Gasteiger partial charge in [-0.15, -0.1) is 0 Å². The van der Waals surface area contributed by atoms with Gasteiger partial charge in [0.05, 0.1) is 0 Å². The van der Waals surface area contributed by atoms with Gasteiger partial charge in [-0.3, -0.25) is 4.67 Å². The van der Waals surface area contributed by atoms with Crippen LogP contribution in [-0.4, -0.2) is 24.9 Å². The Balaban J connectivity index is 2.82. The van der Waals surface area contributed by atoms with Crippen LogP contribution in [0.4, 0.5) is 0 Å². The SMILES string of the molecule is COP(c1ccccc1)N(C)C(C)C. The first kappa shape index (κ1) is 11.6. The topological polar surface area (TPSA) is 12.5 Å². The van der Waals surface area contributed by atoms with Crippen LogP contribution in [0.25, 0.3) is 0 Å². The summed E-state index contributed by atoms with van der Waals surface area (Å²) in [6.45, 7) is 4.36. The lowest BCUT2D eigenvalue weighted by atomic mass is 10.4. The minimum absolute atomic E-state index is 0.501. The molecule has 14 heavy (non-hydrogen) atoms. The summed E-state index contributed by atoms with van der Waals surface area (Å²) in [5.74, 6) is 0. The van der Waals surface area contributed by atoms with Crippen LogP contribution in [0.15, 0.2) is 30.3 Å². The molecule has 0 amide bonds. The van der Waals surface area contributed by atoms with E-state index in [1.165, 1.54) is 5.30 Å². The van der Waals surface area contributed by atoms with Crippen LogP contribution in [0.5, 0.6) is 0 Å². The molecule has 2 nitrogen and oxygen atoms in total. The minimum Gasteiger partial charge on any atom is -0.343 e. The molecule has 3 heteroatoms. The average Bonchev–Trinajstić information content (AvgIpc) is 2.20. The Morgan fingerprint density at radius 1 is 1.21 bits per heavy atom. The van der Waals surface area contributed by atoms with Crippen LogP contribution >= 0.6 is 8.30 Å². The van der Waals surface area contributed by atoms with Crippen molar-refractivity contribution in [3.8, 4) is 0 Å². The lowest BCUT2D eigenvalue weighted by molar-refractivity contribution is 0.370. The fourth-order valence-electron chi connectivity index (χ4n) is 1.18. The summed E-state index contributed by atoms with van der Waals surface area (Å²) < 4.78 is 7.82. The van der Waals surface area contributed by atoms with Gasteiger partial charge in [-0.05, 0) is 20.9 Å². The van der Waals surface area contributed by atoms with Crippen LogP contribution in [0.2, 0.25) is 0 Å². The molecule has 0 aliphatic heterocycles. The molecule has 1 atom stereocenters. The van der Waals surface area contributed by atoms with Crippen molar-refractivity contribution in [1.82, 2.24) is 4.67 Å². The van der Waals surface area contributed by atoms with Gasteiger partial charge < -0.3 is 4.52 Å². The Hall–Kier alpha value is -0.430. The van der Waals surface area contributed by atoms with Gasteiger partial charge in [0.15, 0.2) is 0 Å². The van der Waals surface area contributed by atoms with Gasteiger partial charge in [-0.25, -0.2) is 0 Å². The highest BCUT2D eigenvalue weighted by Crippen LogP contribution is 2.39. The molecule has 78 valence electrons. The number of hydrogen-bond donors (Lipinski definition) is 0. The van der Waals surface area contributed by atoms with E-state index >= 15 is 0 Å². The smallest absolute Gasteiger partial charge is 0.137 e. The normalized spacial score (nSPS) is 13.6. The van der Waals surface area contributed by atoms with E-state index in [4.69, 9.17) is 4.52 Å². The van der Waals surface area contributed by atoms with Crippen LogP contribution in [0.3, 0.4) is 0 Å². The predicted molar refractivity (Wildman–Crippen MR) is 62.9 cm³/mol. The van der Waals surface area contributed by atoms with Crippen molar-refractivity contribution in [2.75, 3.05) is 14.2 Å². The molecular weight excluding hydrogens is 193 g/mol. The van der Waals surface area contributed by atoms with Crippen molar-refractivity contribution in [1.29, 1.82) is 0 Å². The predicted octanol–water partition coefficient (Wildman–Crippen LogP) is 2.61. The van der Waals surface area contributed by atoms with Crippen molar-refractivity contribution in [2.24, 2.45) is 0 Å². The van der Waals surface area contributed by atoms with Gasteiger partial charge in [0.25, 0.3) is 0 Å². The summed E-state index contributed by atoms with van der Waals surface area (Å²) in [7, 11) is 3.26. The quantitative estimate of drug-likeness (QED) is 0.710. The molecule has 0 aromatic heterocycles. The fourth-order valence-corrected chi connectivity index (χ4v) is 2.86. The summed E-state index contributed by atoms with van der Waals surface area (Å²) in [5, 5.41) is 1.27. The standard InChI is InChI=1S/C11H18NOP/c1-10(2)12(3)14(13-4)11-8-6-5-7-9-11/h5-10H,1-4H3. The highest BCUT2D eigenvalue weighted by molar-refractivity contribution is 7.58. The Morgan fingerprint density at radius 3 is 2.21 bits per heavy atom. The summed E-state index contributed by atoms with van der Waals surface area (Å²) in [5.41, 5.74) is 0. The van der Waals surface area contributed by atoms with Crippen molar-refractivity contribution in [3.63, 3.8) is 0 Å². The zero-order valence-electron chi connectivity index (χ0n) is 9.27. The van der Waals surface area contributed by atoms with E-state index in [2.05, 4.69) is 49.8 Å². The van der Waals surface area contributed by atoms with Gasteiger partial charge >= 0.3 is 0 Å². The summed E-state index contributed by atoms with van der Waals surface area (Å²) >= 11 is 0. The molecule has 0 N–H and O–H groups in total. The Morgan fingerprint density at radius 2 is 1.79 bits per heavy atom. The third-order valence-corrected chi connectivity index (χ3v) is 4.30. The van der Waals surface area contributed by atoms with Crippen LogP contribution in [0.1, 0.15) is 13.8 Å². The largest absolute Gasteiger partial charge is 0.343 e. The van der Waals surface area contributed by atoms with Crippen LogP contribution in [0, 0.1) is 0 Å². The van der Waals surface area contributed by atoms with Gasteiger partial charge in [0.1, 0.15) is 8.30 Å². The fraction of sp³-hybridized carbons (Fsp3) is 0.455. The van der Waals surface area contributed by atoms with E-state index in [0.717, 1.165) is 0 Å². The molecule has 0 saturated heterocycles. The molecule has 0 aliphatic rings. The monoisotopic (exact) mass is 211 g/mol. The van der Waals surface area contributed by atoms with E-state index in [-0.39, 0.29) is 0 Å². The van der Waals surface area contributed by atoms with Crippen LogP contribution < -0.4 is 5.30 Å². The van der Waals surface area contributed by atoms with E-state index in [9.17, 15) is 0 Å². The molecule has 0 heterocycles. The molecule has 0 aliphatic carbocycles. The van der Waals surface area contributed by atoms with Gasteiger partial charge in [0.2, 0.25) is 0 Å². The Bertz CT molecular complexity index is 263. The lowest BCUT2D eigenvalue weighted by Crippen LogP contribution is -2.26. The second kappa shape index (κ2) is 5.45. The van der Waals surface area contributed by atoms with Crippen LogP contribution in [-0.2, 0) is 4.52 Å². The maximum Gasteiger partial charge on any atom is 0.137 e. The zero-order valence-corrected chi connectivity index (χ0v) is 10.2. The first-order chi connectivity index (χ1) is 6.66. The molecule has 0 radical (unpaired) electrons. The molecule has 0 bridgehead atoms. The van der Waals surface area contributed by atoms with Gasteiger partial charge in [0, 0.05) is 18.5 Å². The van der Waals surface area contributed by atoms with Crippen molar-refractivity contribution >= 4 is 13.6 Å². The summed E-state index contributed by atoms with van der Waals surface area (Å²) in [6.07, 6.45) is 0. The van der Waals surface area contributed by atoms with E-state index < -0.39 is 8.30 Å². The number of hydrogen-bond acceptors (Lipinski definition) is 2. The highest BCUT2D eigenvalue weighted by atomic mass is 31.2. The summed E-state index contributed by atoms with van der Waals surface area (Å²) in [6, 6.07) is 10.9. The first-order valence-electron chi connectivity index (χ1n) is 4.79. The van der Waals surface area contributed by atoms with E-state index in [1.807, 2.05) is 6.07 Å². The molecule has 1 aromatic rings. The van der Waals surface area contributed by atoms with Gasteiger partial charge in [-0.2, -0.15) is 0 Å². The van der Waals surface area contributed by atoms with Gasteiger partial charge in [-0.1, -0.05) is 30.3 Å². The summed E-state index contributed by atoms with van der Waals surface area (Å²) in [4.78, 5) is 0. The van der Waals surface area contributed by atoms with Crippen molar-refractivity contribution < 1.29 is 4.52 Å². The average molecular weight is 211 g/mol.